The van der Waals surface area contributed by atoms with Gasteiger partial charge in [0.2, 0.25) is 0 Å². The fourth-order valence-electron chi connectivity index (χ4n) is 3.14. The van der Waals surface area contributed by atoms with Gasteiger partial charge in [-0.2, -0.15) is 0 Å². The molecule has 140 valence electrons. The third-order valence-corrected chi connectivity index (χ3v) is 5.39. The SMILES string of the molecule is CC(=O)c1ccc(NC(=O)c2cc3sccc3n2Cc2cccc(F)c2)cc1. The predicted molar refractivity (Wildman–Crippen MR) is 110 cm³/mol. The number of thiophene rings is 1. The van der Waals surface area contributed by atoms with Crippen molar-refractivity contribution in [3.63, 3.8) is 0 Å². The molecule has 6 heteroatoms. The number of rotatable bonds is 5. The molecule has 28 heavy (non-hydrogen) atoms. The van der Waals surface area contributed by atoms with Gasteiger partial charge in [0, 0.05) is 17.8 Å². The van der Waals surface area contributed by atoms with Gasteiger partial charge in [0.1, 0.15) is 11.5 Å². The van der Waals surface area contributed by atoms with Crippen LogP contribution in [0.5, 0.6) is 0 Å². The van der Waals surface area contributed by atoms with Gasteiger partial charge in [-0.1, -0.05) is 12.1 Å². The molecular formula is C22H17FN2O2S. The van der Waals surface area contributed by atoms with Crippen LogP contribution < -0.4 is 5.32 Å². The molecule has 0 atom stereocenters. The van der Waals surface area contributed by atoms with Crippen molar-refractivity contribution in [3.8, 4) is 0 Å². The van der Waals surface area contributed by atoms with Crippen molar-refractivity contribution in [2.75, 3.05) is 5.32 Å². The number of amides is 1. The maximum Gasteiger partial charge on any atom is 0.272 e. The molecule has 1 N–H and O–H groups in total. The zero-order chi connectivity index (χ0) is 19.7. The molecule has 0 fully saturated rings. The molecule has 4 rings (SSSR count). The molecule has 1 amide bonds. The normalized spacial score (nSPS) is 10.9. The second kappa shape index (κ2) is 7.40. The number of carbonyl (C=O) groups excluding carboxylic acids is 2. The standard InChI is InChI=1S/C22H17FN2O2S/c1-14(26)16-5-7-18(8-6-16)24-22(27)20-12-21-19(9-10-28-21)25(20)13-15-3-2-4-17(23)11-15/h2-12H,13H2,1H3,(H,24,27). The highest BCUT2D eigenvalue weighted by Crippen LogP contribution is 2.27. The van der Waals surface area contributed by atoms with Gasteiger partial charge in [0.05, 0.1) is 10.2 Å². The summed E-state index contributed by atoms with van der Waals surface area (Å²) in [6, 6.07) is 16.9. The summed E-state index contributed by atoms with van der Waals surface area (Å²) in [5, 5.41) is 4.84. The van der Waals surface area contributed by atoms with Crippen LogP contribution in [0.25, 0.3) is 10.2 Å². The third-order valence-electron chi connectivity index (χ3n) is 4.53. The van der Waals surface area contributed by atoms with Crippen molar-refractivity contribution in [1.82, 2.24) is 4.57 Å². The molecule has 0 saturated heterocycles. The largest absolute Gasteiger partial charge is 0.331 e. The number of halogens is 1. The number of hydrogen-bond donors (Lipinski definition) is 1. The average molecular weight is 392 g/mol. The minimum atomic E-state index is -0.303. The van der Waals surface area contributed by atoms with E-state index in [0.29, 0.717) is 23.5 Å². The van der Waals surface area contributed by atoms with Crippen LogP contribution in [0.4, 0.5) is 10.1 Å². The van der Waals surface area contributed by atoms with Crippen molar-refractivity contribution in [2.45, 2.75) is 13.5 Å². The van der Waals surface area contributed by atoms with Crippen molar-refractivity contribution >= 4 is 38.9 Å². The van der Waals surface area contributed by atoms with E-state index in [9.17, 15) is 14.0 Å². The first-order valence-electron chi connectivity index (χ1n) is 8.75. The molecule has 0 saturated carbocycles. The summed E-state index contributed by atoms with van der Waals surface area (Å²) in [7, 11) is 0. The van der Waals surface area contributed by atoms with Gasteiger partial charge >= 0.3 is 0 Å². The fourth-order valence-corrected chi connectivity index (χ4v) is 3.96. The highest BCUT2D eigenvalue weighted by atomic mass is 32.1. The number of ketones is 1. The highest BCUT2D eigenvalue weighted by Gasteiger charge is 2.17. The van der Waals surface area contributed by atoms with E-state index in [2.05, 4.69) is 5.32 Å². The van der Waals surface area contributed by atoms with Crippen LogP contribution in [0.2, 0.25) is 0 Å². The Morgan fingerprint density at radius 1 is 1.07 bits per heavy atom. The lowest BCUT2D eigenvalue weighted by molar-refractivity contribution is 0.101. The Balaban J connectivity index is 1.65. The van der Waals surface area contributed by atoms with Crippen LogP contribution >= 0.6 is 11.3 Å². The molecule has 2 aromatic carbocycles. The van der Waals surface area contributed by atoms with Gasteiger partial charge in [-0.05, 0) is 66.4 Å². The first-order valence-corrected chi connectivity index (χ1v) is 9.63. The smallest absolute Gasteiger partial charge is 0.272 e. The molecule has 0 aliphatic heterocycles. The van der Waals surface area contributed by atoms with Crippen LogP contribution in [-0.2, 0) is 6.54 Å². The Hall–Kier alpha value is -3.25. The van der Waals surface area contributed by atoms with Gasteiger partial charge in [-0.15, -0.1) is 11.3 Å². The summed E-state index contributed by atoms with van der Waals surface area (Å²) >= 11 is 1.55. The lowest BCUT2D eigenvalue weighted by Gasteiger charge is -2.11. The number of aromatic nitrogens is 1. The second-order valence-corrected chi connectivity index (χ2v) is 7.45. The number of Topliss-reactive ketones (excluding diaryl/α,β-unsaturated/α-hetero) is 1. The van der Waals surface area contributed by atoms with E-state index in [4.69, 9.17) is 0 Å². The molecule has 2 heterocycles. The number of fused-ring (bicyclic) bond motifs is 1. The third kappa shape index (κ3) is 3.59. The van der Waals surface area contributed by atoms with Crippen LogP contribution in [0.15, 0.2) is 66.0 Å². The van der Waals surface area contributed by atoms with Crippen molar-refractivity contribution < 1.29 is 14.0 Å². The van der Waals surface area contributed by atoms with E-state index >= 15 is 0 Å². The fraction of sp³-hybridized carbons (Fsp3) is 0.0909. The average Bonchev–Trinajstić information content (AvgIpc) is 3.25. The molecule has 0 radical (unpaired) electrons. The number of hydrogen-bond acceptors (Lipinski definition) is 3. The van der Waals surface area contributed by atoms with E-state index in [1.54, 1.807) is 41.7 Å². The quantitative estimate of drug-likeness (QED) is 0.466. The number of nitrogens with zero attached hydrogens (tertiary/aromatic N) is 1. The lowest BCUT2D eigenvalue weighted by Crippen LogP contribution is -2.17. The monoisotopic (exact) mass is 392 g/mol. The Kier molecular flexibility index (Phi) is 4.79. The minimum absolute atomic E-state index is 0.0258. The molecule has 0 bridgehead atoms. The molecule has 2 aromatic heterocycles. The second-order valence-electron chi connectivity index (χ2n) is 6.50. The van der Waals surface area contributed by atoms with Crippen LogP contribution in [0, 0.1) is 5.82 Å². The lowest BCUT2D eigenvalue weighted by atomic mass is 10.1. The van der Waals surface area contributed by atoms with Crippen LogP contribution in [0.1, 0.15) is 33.3 Å². The van der Waals surface area contributed by atoms with Gasteiger partial charge < -0.3 is 9.88 Å². The van der Waals surface area contributed by atoms with E-state index in [1.165, 1.54) is 19.1 Å². The molecule has 0 unspecified atom stereocenters. The van der Waals surface area contributed by atoms with Gasteiger partial charge in [-0.3, -0.25) is 9.59 Å². The molecular weight excluding hydrogens is 375 g/mol. The number of nitrogens with one attached hydrogen (secondary N) is 1. The van der Waals surface area contributed by atoms with Crippen LogP contribution in [0.3, 0.4) is 0 Å². The zero-order valence-corrected chi connectivity index (χ0v) is 15.9. The molecule has 4 nitrogen and oxygen atoms in total. The van der Waals surface area contributed by atoms with Crippen molar-refractivity contribution in [1.29, 1.82) is 0 Å². The Morgan fingerprint density at radius 3 is 2.57 bits per heavy atom. The number of carbonyl (C=O) groups is 2. The maximum absolute atomic E-state index is 13.6. The summed E-state index contributed by atoms with van der Waals surface area (Å²) < 4.78 is 16.5. The van der Waals surface area contributed by atoms with Gasteiger partial charge in [0.25, 0.3) is 5.91 Å². The topological polar surface area (TPSA) is 51.1 Å². The summed E-state index contributed by atoms with van der Waals surface area (Å²) in [4.78, 5) is 24.3. The van der Waals surface area contributed by atoms with E-state index in [-0.39, 0.29) is 17.5 Å². The summed E-state index contributed by atoms with van der Waals surface area (Å²) in [6.07, 6.45) is 0. The number of benzene rings is 2. The van der Waals surface area contributed by atoms with Crippen molar-refractivity contribution in [3.05, 3.63) is 88.7 Å². The first-order chi connectivity index (χ1) is 13.5. The Morgan fingerprint density at radius 2 is 1.86 bits per heavy atom. The Labute approximate surface area is 165 Å². The molecule has 4 aromatic rings. The van der Waals surface area contributed by atoms with E-state index in [0.717, 1.165) is 15.8 Å². The Bertz CT molecular complexity index is 1170. The van der Waals surface area contributed by atoms with E-state index < -0.39 is 0 Å². The first kappa shape index (κ1) is 18.1. The van der Waals surface area contributed by atoms with Gasteiger partial charge in [0.15, 0.2) is 5.78 Å². The highest BCUT2D eigenvalue weighted by molar-refractivity contribution is 7.17. The van der Waals surface area contributed by atoms with Crippen LogP contribution in [-0.4, -0.2) is 16.3 Å². The minimum Gasteiger partial charge on any atom is -0.331 e. The maximum atomic E-state index is 13.6. The predicted octanol–water partition coefficient (Wildman–Crippen LogP) is 5.35. The molecule has 0 aliphatic carbocycles. The molecule has 0 spiro atoms. The summed E-state index contributed by atoms with van der Waals surface area (Å²) in [5.41, 5.74) is 3.42. The van der Waals surface area contributed by atoms with Crippen molar-refractivity contribution in [2.24, 2.45) is 0 Å². The summed E-state index contributed by atoms with van der Waals surface area (Å²) in [6.45, 7) is 1.89. The summed E-state index contributed by atoms with van der Waals surface area (Å²) in [5.74, 6) is -0.583. The zero-order valence-electron chi connectivity index (χ0n) is 15.1. The molecule has 0 aliphatic rings. The van der Waals surface area contributed by atoms with E-state index in [1.807, 2.05) is 28.1 Å². The van der Waals surface area contributed by atoms with Gasteiger partial charge in [-0.25, -0.2) is 4.39 Å². The number of anilines is 1.